The van der Waals surface area contributed by atoms with Gasteiger partial charge in [0.25, 0.3) is 8.32 Å². The van der Waals surface area contributed by atoms with Crippen LogP contribution in [0.4, 0.5) is 4.79 Å². The van der Waals surface area contributed by atoms with E-state index < -0.39 is 8.32 Å². The number of carbonyl (C=O) groups excluding carboxylic acids is 1. The average molecular weight is 233 g/mol. The lowest BCUT2D eigenvalue weighted by molar-refractivity contribution is 0.254. The lowest BCUT2D eigenvalue weighted by atomic mass is 10.3. The van der Waals surface area contributed by atoms with Gasteiger partial charge in [0, 0.05) is 6.54 Å². The van der Waals surface area contributed by atoms with E-state index in [1.165, 1.54) is 0 Å². The van der Waals surface area contributed by atoms with Crippen LogP contribution in [-0.4, -0.2) is 30.9 Å². The first-order valence-corrected chi connectivity index (χ1v) is 8.87. The summed E-state index contributed by atoms with van der Waals surface area (Å²) in [5, 5.41) is 2.98. The molecule has 0 bridgehead atoms. The predicted molar refractivity (Wildman–Crippen MR) is 66.0 cm³/mol. The molecular formula is C9H23NO2Si2. The van der Waals surface area contributed by atoms with Crippen molar-refractivity contribution in [3.63, 3.8) is 0 Å². The van der Waals surface area contributed by atoms with Crippen LogP contribution in [0.3, 0.4) is 0 Å². The van der Waals surface area contributed by atoms with Crippen molar-refractivity contribution in [2.24, 2.45) is 0 Å². The maximum absolute atomic E-state index is 11.8. The Kier molecular flexibility index (Phi) is 7.12. The second-order valence-electron chi connectivity index (χ2n) is 3.79. The first-order chi connectivity index (χ1) is 6.60. The standard InChI is InChI=1S/C9H23NO2Si2/c1-4-6-7-10-9(11)14(3,12-13)8-5-2/h4-8H2,1-3,13H3,(H,10,11). The van der Waals surface area contributed by atoms with Crippen LogP contribution in [0.15, 0.2) is 0 Å². The molecule has 5 heteroatoms. The number of carbonyl (C=O) groups is 1. The Morgan fingerprint density at radius 1 is 1.43 bits per heavy atom. The molecule has 0 fully saturated rings. The van der Waals surface area contributed by atoms with E-state index >= 15 is 0 Å². The Bertz CT molecular complexity index is 178. The second-order valence-corrected chi connectivity index (χ2v) is 8.84. The molecule has 0 aromatic heterocycles. The number of rotatable bonds is 7. The van der Waals surface area contributed by atoms with Crippen LogP contribution in [0.1, 0.15) is 33.1 Å². The molecule has 0 rings (SSSR count). The summed E-state index contributed by atoms with van der Waals surface area (Å²) in [6.07, 6.45) is 3.21. The van der Waals surface area contributed by atoms with Gasteiger partial charge in [0.15, 0.2) is 0 Å². The molecule has 1 unspecified atom stereocenters. The summed E-state index contributed by atoms with van der Waals surface area (Å²) in [4.78, 5) is 11.8. The highest BCUT2D eigenvalue weighted by Gasteiger charge is 2.35. The maximum Gasteiger partial charge on any atom is 0.278 e. The minimum Gasteiger partial charge on any atom is -0.457 e. The van der Waals surface area contributed by atoms with Crippen LogP contribution in [0.25, 0.3) is 0 Å². The summed E-state index contributed by atoms with van der Waals surface area (Å²) in [5.74, 6) is 0. The SMILES string of the molecule is CCCCNC(=O)[Si](C)(CCC)O[SiH3]. The van der Waals surface area contributed by atoms with Gasteiger partial charge in [-0.1, -0.05) is 26.7 Å². The second kappa shape index (κ2) is 7.19. The average Bonchev–Trinajstić information content (AvgIpc) is 2.18. The van der Waals surface area contributed by atoms with Crippen molar-refractivity contribution < 1.29 is 8.91 Å². The molecule has 1 amide bonds. The van der Waals surface area contributed by atoms with E-state index in [0.29, 0.717) is 10.5 Å². The smallest absolute Gasteiger partial charge is 0.278 e. The van der Waals surface area contributed by atoms with Crippen LogP contribution in [0.5, 0.6) is 0 Å². The Morgan fingerprint density at radius 2 is 2.07 bits per heavy atom. The lowest BCUT2D eigenvalue weighted by Crippen LogP contribution is -2.50. The van der Waals surface area contributed by atoms with Gasteiger partial charge in [-0.05, 0) is 19.0 Å². The van der Waals surface area contributed by atoms with Crippen LogP contribution in [0.2, 0.25) is 12.6 Å². The summed E-state index contributed by atoms with van der Waals surface area (Å²) in [6.45, 7) is 7.04. The van der Waals surface area contributed by atoms with Gasteiger partial charge < -0.3 is 9.43 Å². The Labute approximate surface area is 91.3 Å². The molecule has 0 radical (unpaired) electrons. The van der Waals surface area contributed by atoms with Crippen molar-refractivity contribution >= 4 is 24.3 Å². The third-order valence-electron chi connectivity index (χ3n) is 2.47. The fraction of sp³-hybridized carbons (Fsp3) is 0.889. The highest BCUT2D eigenvalue weighted by Crippen LogP contribution is 2.13. The van der Waals surface area contributed by atoms with Crippen molar-refractivity contribution in [2.75, 3.05) is 6.54 Å². The minimum absolute atomic E-state index is 0.183. The van der Waals surface area contributed by atoms with Crippen molar-refractivity contribution in [3.05, 3.63) is 0 Å². The summed E-state index contributed by atoms with van der Waals surface area (Å²) in [7, 11) is -1.40. The molecule has 0 heterocycles. The van der Waals surface area contributed by atoms with Gasteiger partial charge in [0.2, 0.25) is 5.53 Å². The Hall–Kier alpha value is -0.136. The topological polar surface area (TPSA) is 38.3 Å². The molecule has 0 aromatic rings. The fourth-order valence-corrected chi connectivity index (χ4v) is 4.59. The van der Waals surface area contributed by atoms with E-state index in [-0.39, 0.29) is 5.53 Å². The van der Waals surface area contributed by atoms with Gasteiger partial charge in [-0.25, -0.2) is 0 Å². The van der Waals surface area contributed by atoms with Gasteiger partial charge in [0.05, 0.1) is 0 Å². The zero-order valence-electron chi connectivity index (χ0n) is 9.85. The molecule has 1 N–H and O–H groups in total. The van der Waals surface area contributed by atoms with Crippen molar-refractivity contribution in [1.82, 2.24) is 5.32 Å². The minimum atomic E-state index is -2.07. The monoisotopic (exact) mass is 233 g/mol. The van der Waals surface area contributed by atoms with Crippen LogP contribution in [-0.2, 0) is 4.12 Å². The van der Waals surface area contributed by atoms with Crippen LogP contribution in [0, 0.1) is 0 Å². The number of unbranched alkanes of at least 4 members (excludes halogenated alkanes) is 1. The molecule has 0 aromatic carbocycles. The third kappa shape index (κ3) is 4.39. The zero-order chi connectivity index (χ0) is 11.0. The Balaban J connectivity index is 4.03. The molecule has 0 aliphatic rings. The molecule has 3 nitrogen and oxygen atoms in total. The Morgan fingerprint density at radius 3 is 2.50 bits per heavy atom. The number of amides is 1. The van der Waals surface area contributed by atoms with Gasteiger partial charge in [-0.2, -0.15) is 0 Å². The fourth-order valence-electron chi connectivity index (χ4n) is 1.35. The van der Waals surface area contributed by atoms with E-state index in [1.54, 1.807) is 0 Å². The summed E-state index contributed by atoms with van der Waals surface area (Å²) in [6, 6.07) is 0.939. The highest BCUT2D eigenvalue weighted by molar-refractivity contribution is 7.01. The van der Waals surface area contributed by atoms with E-state index in [0.717, 1.165) is 31.9 Å². The molecular weight excluding hydrogens is 210 g/mol. The van der Waals surface area contributed by atoms with E-state index in [4.69, 9.17) is 4.12 Å². The molecule has 0 aliphatic carbocycles. The molecule has 84 valence electrons. The predicted octanol–water partition coefficient (Wildman–Crippen LogP) is 1.36. The van der Waals surface area contributed by atoms with E-state index in [2.05, 4.69) is 19.2 Å². The number of hydrogen-bond acceptors (Lipinski definition) is 2. The normalized spacial score (nSPS) is 15.1. The van der Waals surface area contributed by atoms with Gasteiger partial charge in [0.1, 0.15) is 10.5 Å². The summed E-state index contributed by atoms with van der Waals surface area (Å²) >= 11 is 0. The number of nitrogens with one attached hydrogen (secondary N) is 1. The van der Waals surface area contributed by atoms with Crippen LogP contribution >= 0.6 is 0 Å². The van der Waals surface area contributed by atoms with E-state index in [1.807, 2.05) is 6.55 Å². The number of hydrogen-bond donors (Lipinski definition) is 1. The van der Waals surface area contributed by atoms with Gasteiger partial charge >= 0.3 is 0 Å². The summed E-state index contributed by atoms with van der Waals surface area (Å²) < 4.78 is 5.54. The maximum atomic E-state index is 11.8. The van der Waals surface area contributed by atoms with Crippen molar-refractivity contribution in [2.45, 2.75) is 45.7 Å². The molecule has 0 spiro atoms. The van der Waals surface area contributed by atoms with Crippen LogP contribution < -0.4 is 5.32 Å². The van der Waals surface area contributed by atoms with Crippen molar-refractivity contribution in [3.8, 4) is 0 Å². The van der Waals surface area contributed by atoms with Gasteiger partial charge in [-0.3, -0.25) is 4.79 Å². The molecule has 0 aliphatic heterocycles. The third-order valence-corrected chi connectivity index (χ3v) is 8.67. The van der Waals surface area contributed by atoms with Gasteiger partial charge in [-0.15, -0.1) is 0 Å². The zero-order valence-corrected chi connectivity index (χ0v) is 12.9. The highest BCUT2D eigenvalue weighted by atomic mass is 28.4. The van der Waals surface area contributed by atoms with Crippen molar-refractivity contribution in [1.29, 1.82) is 0 Å². The van der Waals surface area contributed by atoms with E-state index in [9.17, 15) is 4.79 Å². The molecule has 0 saturated carbocycles. The molecule has 1 atom stereocenters. The summed E-state index contributed by atoms with van der Waals surface area (Å²) in [5.41, 5.74) is 0.183. The first kappa shape index (κ1) is 13.9. The molecule has 14 heavy (non-hydrogen) atoms. The largest absolute Gasteiger partial charge is 0.457 e. The quantitative estimate of drug-likeness (QED) is 0.533. The lowest BCUT2D eigenvalue weighted by Gasteiger charge is -2.23. The first-order valence-electron chi connectivity index (χ1n) is 5.44. The molecule has 0 saturated heterocycles.